The van der Waals surface area contributed by atoms with E-state index in [9.17, 15) is 0 Å². The Labute approximate surface area is 272 Å². The van der Waals surface area contributed by atoms with Crippen LogP contribution in [0.3, 0.4) is 0 Å². The Morgan fingerprint density at radius 2 is 1.50 bits per heavy atom. The maximum Gasteiger partial charge on any atom is 3.00 e. The minimum Gasteiger partial charge on any atom is -1.00 e. The van der Waals surface area contributed by atoms with Crippen molar-refractivity contribution in [3.63, 3.8) is 0 Å². The molecule has 2 aliphatic heterocycles. The Kier molecular flexibility index (Phi) is 10.1. The summed E-state index contributed by atoms with van der Waals surface area (Å²) in [6.45, 7) is 14.0. The molecule has 203 valence electrons. The minimum absolute atomic E-state index is 0. The van der Waals surface area contributed by atoms with Gasteiger partial charge in [0, 0.05) is 22.6 Å². The maximum absolute atomic E-state index is 2.52. The molecule has 1 aliphatic carbocycles. The molecule has 0 saturated carbocycles. The molecule has 5 aromatic rings. The van der Waals surface area contributed by atoms with Crippen molar-refractivity contribution in [3.8, 4) is 16.8 Å². The van der Waals surface area contributed by atoms with Gasteiger partial charge in [-0.15, -0.1) is 34.5 Å². The molecule has 1 aromatic heterocycles. The van der Waals surface area contributed by atoms with E-state index in [0.717, 1.165) is 12.0 Å². The first-order chi connectivity index (χ1) is 17.8. The molecule has 1 nitrogen and oxygen atoms in total. The van der Waals surface area contributed by atoms with Crippen molar-refractivity contribution in [2.75, 3.05) is 0 Å². The quantitative estimate of drug-likeness (QED) is 0.206. The SMILES string of the molecule is CC1=C2c3c(cc(C)n3-c3ccccc3)C1[Si]2(C)C.CCc1ccc(-c2cccc3[cH-]c(C)cc23)cc1.[Cl-].[Cl-].[Zr+3]. The Morgan fingerprint density at radius 1 is 0.825 bits per heavy atom. The van der Waals surface area contributed by atoms with Gasteiger partial charge in [0.05, 0.1) is 8.07 Å². The molecule has 1 radical (unpaired) electrons. The second-order valence-electron chi connectivity index (χ2n) is 11.4. The van der Waals surface area contributed by atoms with Crippen molar-refractivity contribution < 1.29 is 51.0 Å². The number of para-hydroxylation sites is 1. The molecule has 3 heterocycles. The van der Waals surface area contributed by atoms with E-state index < -0.39 is 8.07 Å². The van der Waals surface area contributed by atoms with Crippen LogP contribution in [0.5, 0.6) is 0 Å². The second-order valence-corrected chi connectivity index (χ2v) is 15.9. The number of hydrogen-bond acceptors (Lipinski definition) is 0. The van der Waals surface area contributed by atoms with Gasteiger partial charge in [-0.3, -0.25) is 0 Å². The molecule has 1 atom stereocenters. The van der Waals surface area contributed by atoms with Gasteiger partial charge in [0.2, 0.25) is 0 Å². The number of allylic oxidation sites excluding steroid dienone is 1. The van der Waals surface area contributed by atoms with Crippen LogP contribution in [0.15, 0.2) is 96.6 Å². The second kappa shape index (κ2) is 12.5. The zero-order chi connectivity index (χ0) is 25.9. The van der Waals surface area contributed by atoms with E-state index in [1.807, 2.05) is 0 Å². The molecule has 0 saturated heterocycles. The minimum atomic E-state index is -1.19. The summed E-state index contributed by atoms with van der Waals surface area (Å²) >= 11 is 0. The number of halogens is 2. The van der Waals surface area contributed by atoms with Crippen molar-refractivity contribution in [1.82, 2.24) is 4.57 Å². The molecule has 0 N–H and O–H groups in total. The number of benzene rings is 3. The summed E-state index contributed by atoms with van der Waals surface area (Å²) < 4.78 is 2.47. The monoisotopic (exact) mass is 658 g/mol. The maximum atomic E-state index is 2.52. The van der Waals surface area contributed by atoms with E-state index in [1.165, 1.54) is 50.1 Å². The molecule has 0 fully saturated rings. The van der Waals surface area contributed by atoms with Crippen molar-refractivity contribution in [3.05, 3.63) is 125 Å². The Bertz CT molecular complexity index is 1660. The van der Waals surface area contributed by atoms with Gasteiger partial charge in [0.25, 0.3) is 0 Å². The van der Waals surface area contributed by atoms with Crippen LogP contribution in [-0.2, 0) is 32.6 Å². The van der Waals surface area contributed by atoms with Crippen LogP contribution in [0.25, 0.3) is 32.8 Å². The summed E-state index contributed by atoms with van der Waals surface area (Å²) in [5.74, 6) is 0. The zero-order valence-corrected chi connectivity index (χ0v) is 29.1. The first-order valence-corrected chi connectivity index (χ1v) is 16.6. The van der Waals surface area contributed by atoms with Crippen LogP contribution in [0, 0.1) is 13.8 Å². The smallest absolute Gasteiger partial charge is 1.00 e. The van der Waals surface area contributed by atoms with Gasteiger partial charge in [-0.25, -0.2) is 0 Å². The first-order valence-electron chi connectivity index (χ1n) is 13.6. The number of aromatic nitrogens is 1. The summed E-state index contributed by atoms with van der Waals surface area (Å²) in [4.78, 5) is 0. The number of fused-ring (bicyclic) bond motifs is 1. The van der Waals surface area contributed by atoms with Crippen LogP contribution in [-0.4, -0.2) is 12.6 Å². The summed E-state index contributed by atoms with van der Waals surface area (Å²) in [7, 11) is -1.19. The summed E-state index contributed by atoms with van der Waals surface area (Å²) in [5, 5.41) is 4.41. The van der Waals surface area contributed by atoms with Crippen LogP contribution < -0.4 is 24.8 Å². The van der Waals surface area contributed by atoms with Crippen molar-refractivity contribution in [2.24, 2.45) is 0 Å². The van der Waals surface area contributed by atoms with Crippen LogP contribution >= 0.6 is 0 Å². The fourth-order valence-corrected chi connectivity index (χ4v) is 11.3. The molecular weight excluding hydrogens is 625 g/mol. The third kappa shape index (κ3) is 5.20. The summed E-state index contributed by atoms with van der Waals surface area (Å²) in [6.07, 6.45) is 1.10. The fourth-order valence-electron chi connectivity index (χ4n) is 6.98. The molecule has 4 aromatic carbocycles. The molecule has 40 heavy (non-hydrogen) atoms. The predicted octanol–water partition coefficient (Wildman–Crippen LogP) is 3.56. The molecule has 0 amide bonds. The Balaban J connectivity index is 0.000000205. The normalized spacial score (nSPS) is 15.6. The van der Waals surface area contributed by atoms with Crippen molar-refractivity contribution >= 4 is 24.0 Å². The molecule has 3 aliphatic rings. The van der Waals surface area contributed by atoms with E-state index >= 15 is 0 Å². The van der Waals surface area contributed by atoms with Gasteiger partial charge in [-0.1, -0.05) is 86.6 Å². The van der Waals surface area contributed by atoms with E-state index in [4.69, 9.17) is 0 Å². The number of hydrogen-bond donors (Lipinski definition) is 0. The largest absolute Gasteiger partial charge is 3.00 e. The summed E-state index contributed by atoms with van der Waals surface area (Å²) in [6, 6.07) is 33.2. The Hall–Kier alpha value is -2.03. The van der Waals surface area contributed by atoms with Gasteiger partial charge in [0.15, 0.2) is 0 Å². The van der Waals surface area contributed by atoms with Gasteiger partial charge in [-0.05, 0) is 60.4 Å². The fraction of sp³-hybridized carbons (Fsp3) is 0.229. The van der Waals surface area contributed by atoms with E-state index in [0.29, 0.717) is 0 Å². The van der Waals surface area contributed by atoms with Gasteiger partial charge in [-0.2, -0.15) is 6.07 Å². The zero-order valence-electron chi connectivity index (χ0n) is 24.1. The Morgan fingerprint density at radius 3 is 2.12 bits per heavy atom. The first kappa shape index (κ1) is 32.5. The molecular formula is C35H36Cl2NSiZr. The summed E-state index contributed by atoms with van der Waals surface area (Å²) in [5.41, 5.74) is 13.6. The van der Waals surface area contributed by atoms with Crippen LogP contribution in [0.1, 0.15) is 47.5 Å². The van der Waals surface area contributed by atoms with Gasteiger partial charge < -0.3 is 29.4 Å². The van der Waals surface area contributed by atoms with Gasteiger partial charge >= 0.3 is 26.2 Å². The van der Waals surface area contributed by atoms with Crippen LogP contribution in [0.4, 0.5) is 0 Å². The average Bonchev–Trinajstić information content (AvgIpc) is 3.58. The average molecular weight is 661 g/mol. The molecule has 8 rings (SSSR count). The van der Waals surface area contributed by atoms with Crippen LogP contribution in [0.2, 0.25) is 13.1 Å². The number of rotatable bonds is 3. The van der Waals surface area contributed by atoms with Gasteiger partial charge in [0.1, 0.15) is 0 Å². The van der Waals surface area contributed by atoms with E-state index in [2.05, 4.69) is 136 Å². The molecule has 2 bridgehead atoms. The van der Waals surface area contributed by atoms with Crippen molar-refractivity contribution in [1.29, 1.82) is 0 Å². The predicted molar refractivity (Wildman–Crippen MR) is 162 cm³/mol. The molecule has 1 unspecified atom stereocenters. The standard InChI is InChI=1S/C18H17.C17H19NSi.2ClH.Zr/c1-3-14-7-9-15(10-8-14)17-6-4-5-16-11-13(2)12-18(16)17;1-11-10-14-15(17-12(2)16(14)19(17,3)4)18(11)13-8-6-5-7-9-13;;;/h4-12H,3H2,1-2H3;5-10,16H,1-4H3;2*1H;/q-1;;;;+3/p-2. The third-order valence-electron chi connectivity index (χ3n) is 8.54. The van der Waals surface area contributed by atoms with Crippen molar-refractivity contribution in [2.45, 2.75) is 52.8 Å². The third-order valence-corrected chi connectivity index (χ3v) is 12.6. The molecule has 5 heteroatoms. The number of nitrogens with zero attached hydrogens (tertiary/aromatic N) is 1. The molecule has 0 spiro atoms. The van der Waals surface area contributed by atoms with E-state index in [1.54, 1.807) is 16.3 Å². The topological polar surface area (TPSA) is 4.93 Å². The number of aryl methyl sites for hydroxylation is 3. The van der Waals surface area contributed by atoms with E-state index in [-0.39, 0.29) is 51.0 Å².